The average Bonchev–Trinajstić information content (AvgIpc) is 3.19. The second kappa shape index (κ2) is 9.80. The van der Waals surface area contributed by atoms with Crippen LogP contribution in [-0.2, 0) is 11.3 Å². The predicted octanol–water partition coefficient (Wildman–Crippen LogP) is 1.25. The van der Waals surface area contributed by atoms with Crippen molar-refractivity contribution in [2.24, 2.45) is 0 Å². The first-order valence-corrected chi connectivity index (χ1v) is 11.5. The molecule has 31 heavy (non-hydrogen) atoms. The molecule has 0 aromatic carbocycles. The quantitative estimate of drug-likeness (QED) is 0.644. The fraction of sp³-hybridized carbons (Fsp3) is 0.727. The Kier molecular flexibility index (Phi) is 7.35. The largest absolute Gasteiger partial charge is 0.351 e. The molecule has 0 unspecified atom stereocenters. The summed E-state index contributed by atoms with van der Waals surface area (Å²) < 4.78 is 1.50. The number of fused-ring (bicyclic) bond motifs is 1. The van der Waals surface area contributed by atoms with Crippen molar-refractivity contribution in [3.05, 3.63) is 17.5 Å². The van der Waals surface area contributed by atoms with Gasteiger partial charge in [-0.15, -0.1) is 0 Å². The molecule has 2 heterocycles. The molecule has 1 atom stereocenters. The Balaban J connectivity index is 1.69. The van der Waals surface area contributed by atoms with Crippen LogP contribution in [0, 0.1) is 0 Å². The highest BCUT2D eigenvalue weighted by Gasteiger charge is 2.46. The predicted molar refractivity (Wildman–Crippen MR) is 118 cm³/mol. The minimum Gasteiger partial charge on any atom is -0.351 e. The molecule has 9 heteroatoms. The number of carbonyl (C=O) groups is 3. The number of rotatable bonds is 8. The molecule has 1 aromatic rings. The second-order valence-electron chi connectivity index (χ2n) is 8.80. The topological polar surface area (TPSA) is 99.6 Å². The molecule has 1 aromatic heterocycles. The van der Waals surface area contributed by atoms with Crippen LogP contribution in [-0.4, -0.2) is 82.1 Å². The van der Waals surface area contributed by atoms with Gasteiger partial charge in [0, 0.05) is 32.2 Å². The lowest BCUT2D eigenvalue weighted by molar-refractivity contribution is -0.133. The molecule has 1 fully saturated rings. The molecule has 0 saturated heterocycles. The van der Waals surface area contributed by atoms with Crippen LogP contribution in [0.5, 0.6) is 0 Å². The third-order valence-corrected chi connectivity index (χ3v) is 6.77. The number of nitrogens with one attached hydrogen (secondary N) is 2. The lowest BCUT2D eigenvalue weighted by Crippen LogP contribution is -2.63. The first kappa shape index (κ1) is 23.2. The fourth-order valence-electron chi connectivity index (χ4n) is 4.38. The summed E-state index contributed by atoms with van der Waals surface area (Å²) in [5, 5.41) is 10.4. The number of hydrogen-bond donors (Lipinski definition) is 2. The van der Waals surface area contributed by atoms with E-state index in [1.165, 1.54) is 22.1 Å². The zero-order valence-electron chi connectivity index (χ0n) is 19.2. The molecule has 1 aliphatic carbocycles. The van der Waals surface area contributed by atoms with Crippen LogP contribution >= 0.6 is 0 Å². The van der Waals surface area contributed by atoms with Crippen molar-refractivity contribution in [2.75, 3.05) is 33.2 Å². The third kappa shape index (κ3) is 4.92. The smallest absolute Gasteiger partial charge is 0.272 e. The highest BCUT2D eigenvalue weighted by molar-refractivity contribution is 6.01. The summed E-state index contributed by atoms with van der Waals surface area (Å²) >= 11 is 0. The number of carbonyl (C=O) groups excluding carboxylic acids is 3. The van der Waals surface area contributed by atoms with E-state index in [1.54, 1.807) is 14.0 Å². The Morgan fingerprint density at radius 3 is 2.55 bits per heavy atom. The Morgan fingerprint density at radius 1 is 1.23 bits per heavy atom. The molecular formula is C22H36N6O3. The Labute approximate surface area is 184 Å². The molecular weight excluding hydrogens is 396 g/mol. The van der Waals surface area contributed by atoms with Crippen molar-refractivity contribution in [3.8, 4) is 0 Å². The summed E-state index contributed by atoms with van der Waals surface area (Å²) in [6, 6.07) is 1.68. The van der Waals surface area contributed by atoms with Gasteiger partial charge in [-0.1, -0.05) is 33.1 Å². The van der Waals surface area contributed by atoms with Gasteiger partial charge in [0.05, 0.1) is 6.54 Å². The van der Waals surface area contributed by atoms with Crippen LogP contribution in [0.1, 0.15) is 73.9 Å². The molecule has 172 valence electrons. The summed E-state index contributed by atoms with van der Waals surface area (Å²) in [6.45, 7) is 9.26. The highest BCUT2D eigenvalue weighted by atomic mass is 16.2. The average molecular weight is 433 g/mol. The number of hydrogen-bond acceptors (Lipinski definition) is 5. The van der Waals surface area contributed by atoms with Crippen molar-refractivity contribution in [1.29, 1.82) is 0 Å². The van der Waals surface area contributed by atoms with E-state index >= 15 is 0 Å². The van der Waals surface area contributed by atoms with E-state index in [9.17, 15) is 14.4 Å². The SMILES string of the molecule is CCN(CC)CCNC(=O)c1cc2n(n1)C[C@@](C)(C(=O)NC1CCCCC1)N(C)C2=O. The molecule has 1 aliphatic heterocycles. The fourth-order valence-corrected chi connectivity index (χ4v) is 4.38. The molecule has 1 saturated carbocycles. The second-order valence-corrected chi connectivity index (χ2v) is 8.80. The van der Waals surface area contributed by atoms with Gasteiger partial charge in [0.2, 0.25) is 5.91 Å². The maximum atomic E-state index is 13.1. The first-order chi connectivity index (χ1) is 14.8. The summed E-state index contributed by atoms with van der Waals surface area (Å²) in [5.74, 6) is -0.776. The van der Waals surface area contributed by atoms with E-state index in [0.717, 1.165) is 45.3 Å². The van der Waals surface area contributed by atoms with Crippen molar-refractivity contribution < 1.29 is 14.4 Å². The third-order valence-electron chi connectivity index (χ3n) is 6.77. The van der Waals surface area contributed by atoms with Gasteiger partial charge in [-0.05, 0) is 32.9 Å². The Bertz CT molecular complexity index is 812. The van der Waals surface area contributed by atoms with E-state index in [2.05, 4.69) is 34.5 Å². The van der Waals surface area contributed by atoms with Gasteiger partial charge in [-0.25, -0.2) is 0 Å². The summed E-state index contributed by atoms with van der Waals surface area (Å²) in [4.78, 5) is 42.4. The summed E-state index contributed by atoms with van der Waals surface area (Å²) in [6.07, 6.45) is 5.39. The molecule has 3 rings (SSSR count). The molecule has 0 bridgehead atoms. The van der Waals surface area contributed by atoms with E-state index in [-0.39, 0.29) is 36.0 Å². The summed E-state index contributed by atoms with van der Waals surface area (Å²) in [7, 11) is 1.64. The van der Waals surface area contributed by atoms with Crippen LogP contribution in [0.2, 0.25) is 0 Å². The van der Waals surface area contributed by atoms with Gasteiger partial charge >= 0.3 is 0 Å². The zero-order valence-corrected chi connectivity index (χ0v) is 19.2. The van der Waals surface area contributed by atoms with Crippen molar-refractivity contribution in [2.45, 2.75) is 71.0 Å². The molecule has 0 radical (unpaired) electrons. The van der Waals surface area contributed by atoms with Crippen molar-refractivity contribution in [1.82, 2.24) is 30.2 Å². The minimum atomic E-state index is -1.05. The lowest BCUT2D eigenvalue weighted by atomic mass is 9.92. The van der Waals surface area contributed by atoms with E-state index in [4.69, 9.17) is 0 Å². The molecule has 0 spiro atoms. The standard InChI is InChI=1S/C22H36N6O3/c1-5-27(6-2)13-12-23-19(29)17-14-18-20(30)26(4)22(3,15-28(18)25-17)21(31)24-16-10-8-7-9-11-16/h14,16H,5-13,15H2,1-4H3,(H,23,29)(H,24,31)/t22-/m0/s1. The Hall–Kier alpha value is -2.42. The van der Waals surface area contributed by atoms with Gasteiger partial charge in [0.1, 0.15) is 11.2 Å². The summed E-state index contributed by atoms with van der Waals surface area (Å²) in [5.41, 5.74) is -0.517. The number of aromatic nitrogens is 2. The van der Waals surface area contributed by atoms with Crippen LogP contribution in [0.25, 0.3) is 0 Å². The van der Waals surface area contributed by atoms with E-state index in [0.29, 0.717) is 12.2 Å². The van der Waals surface area contributed by atoms with Gasteiger partial charge in [-0.3, -0.25) is 19.1 Å². The highest BCUT2D eigenvalue weighted by Crippen LogP contribution is 2.27. The van der Waals surface area contributed by atoms with Gasteiger partial charge < -0.3 is 20.4 Å². The number of likely N-dealkylation sites (N-methyl/N-ethyl adjacent to an activating group) is 2. The molecule has 3 amide bonds. The van der Waals surface area contributed by atoms with Crippen LogP contribution < -0.4 is 10.6 Å². The van der Waals surface area contributed by atoms with Crippen LogP contribution in [0.15, 0.2) is 6.07 Å². The first-order valence-electron chi connectivity index (χ1n) is 11.5. The maximum Gasteiger partial charge on any atom is 0.272 e. The Morgan fingerprint density at radius 2 is 1.90 bits per heavy atom. The maximum absolute atomic E-state index is 13.1. The van der Waals surface area contributed by atoms with Gasteiger partial charge in [-0.2, -0.15) is 5.10 Å². The molecule has 9 nitrogen and oxygen atoms in total. The normalized spacial score (nSPS) is 21.8. The van der Waals surface area contributed by atoms with E-state index < -0.39 is 5.54 Å². The van der Waals surface area contributed by atoms with Gasteiger partial charge in [0.25, 0.3) is 11.8 Å². The number of nitrogens with zero attached hydrogens (tertiary/aromatic N) is 4. The molecule has 2 aliphatic rings. The van der Waals surface area contributed by atoms with Crippen LogP contribution in [0.3, 0.4) is 0 Å². The number of amides is 3. The van der Waals surface area contributed by atoms with Gasteiger partial charge in [0.15, 0.2) is 5.69 Å². The van der Waals surface area contributed by atoms with Crippen LogP contribution in [0.4, 0.5) is 0 Å². The lowest BCUT2D eigenvalue weighted by Gasteiger charge is -2.41. The van der Waals surface area contributed by atoms with Crippen molar-refractivity contribution >= 4 is 17.7 Å². The van der Waals surface area contributed by atoms with Crippen molar-refractivity contribution in [3.63, 3.8) is 0 Å². The van der Waals surface area contributed by atoms with E-state index in [1.807, 2.05) is 0 Å². The molecule has 2 N–H and O–H groups in total. The zero-order chi connectivity index (χ0) is 22.6. The monoisotopic (exact) mass is 432 g/mol. The minimum absolute atomic E-state index is 0.160.